The fraction of sp³-hybridized carbons (Fsp3) is 0.278. The molecule has 0 aliphatic heterocycles. The van der Waals surface area contributed by atoms with Crippen LogP contribution in [0.1, 0.15) is 35.8 Å². The number of hydrogen-bond donors (Lipinski definition) is 1. The van der Waals surface area contributed by atoms with Crippen LogP contribution >= 0.6 is 0 Å². The number of methoxy groups -OCH3 is 1. The predicted molar refractivity (Wildman–Crippen MR) is 86.5 cm³/mol. The fourth-order valence-electron chi connectivity index (χ4n) is 2.13. The zero-order valence-corrected chi connectivity index (χ0v) is 13.1. The Balaban J connectivity index is 2.00. The van der Waals surface area contributed by atoms with Crippen molar-refractivity contribution < 1.29 is 14.3 Å². The molecule has 0 aromatic heterocycles. The van der Waals surface area contributed by atoms with Gasteiger partial charge in [-0.2, -0.15) is 0 Å². The van der Waals surface area contributed by atoms with Crippen LogP contribution < -0.4 is 14.8 Å². The number of nitrogens with one attached hydrogen (secondary N) is 1. The minimum atomic E-state index is -0.107. The maximum atomic E-state index is 12.2. The summed E-state index contributed by atoms with van der Waals surface area (Å²) in [6.07, 6.45) is 0. The number of hydrogen-bond acceptors (Lipinski definition) is 3. The van der Waals surface area contributed by atoms with Crippen molar-refractivity contribution in [2.45, 2.75) is 19.9 Å². The van der Waals surface area contributed by atoms with Crippen LogP contribution in [0.5, 0.6) is 11.5 Å². The van der Waals surface area contributed by atoms with E-state index >= 15 is 0 Å². The summed E-state index contributed by atoms with van der Waals surface area (Å²) in [5.41, 5.74) is 1.64. The van der Waals surface area contributed by atoms with Crippen LogP contribution in [0.3, 0.4) is 0 Å². The van der Waals surface area contributed by atoms with Crippen LogP contribution in [0, 0.1) is 0 Å². The van der Waals surface area contributed by atoms with Crippen LogP contribution in [0.4, 0.5) is 0 Å². The van der Waals surface area contributed by atoms with Crippen molar-refractivity contribution in [1.29, 1.82) is 0 Å². The maximum Gasteiger partial charge on any atom is 0.251 e. The zero-order valence-electron chi connectivity index (χ0n) is 13.1. The molecule has 0 radical (unpaired) electrons. The van der Waals surface area contributed by atoms with Gasteiger partial charge in [-0.15, -0.1) is 0 Å². The molecule has 0 spiro atoms. The smallest absolute Gasteiger partial charge is 0.251 e. The monoisotopic (exact) mass is 299 g/mol. The summed E-state index contributed by atoms with van der Waals surface area (Å²) >= 11 is 0. The van der Waals surface area contributed by atoms with E-state index in [-0.39, 0.29) is 11.9 Å². The second-order valence-corrected chi connectivity index (χ2v) is 4.93. The van der Waals surface area contributed by atoms with Crippen LogP contribution in [-0.4, -0.2) is 19.6 Å². The van der Waals surface area contributed by atoms with Gasteiger partial charge in [0.25, 0.3) is 5.91 Å². The molecule has 1 amide bonds. The molecule has 0 aliphatic carbocycles. The third kappa shape index (κ3) is 4.01. The standard InChI is InChI=1S/C18H21NO3/c1-4-22-17-11-5-14(6-12-17)13(2)19-18(20)15-7-9-16(21-3)10-8-15/h5-13H,4H2,1-3H3,(H,19,20)/t13-/m0/s1. The zero-order chi connectivity index (χ0) is 15.9. The summed E-state index contributed by atoms with van der Waals surface area (Å²) in [4.78, 5) is 12.2. The number of carbonyl (C=O) groups is 1. The highest BCUT2D eigenvalue weighted by atomic mass is 16.5. The van der Waals surface area contributed by atoms with Crippen molar-refractivity contribution in [2.24, 2.45) is 0 Å². The molecule has 0 bridgehead atoms. The molecule has 1 N–H and O–H groups in total. The van der Waals surface area contributed by atoms with Gasteiger partial charge in [-0.3, -0.25) is 4.79 Å². The van der Waals surface area contributed by atoms with Crippen LogP contribution in [0.25, 0.3) is 0 Å². The molecule has 0 saturated carbocycles. The molecule has 22 heavy (non-hydrogen) atoms. The summed E-state index contributed by atoms with van der Waals surface area (Å²) in [5.74, 6) is 1.46. The van der Waals surface area contributed by atoms with E-state index in [9.17, 15) is 4.79 Å². The first-order chi connectivity index (χ1) is 10.6. The third-order valence-corrected chi connectivity index (χ3v) is 3.39. The molecule has 0 saturated heterocycles. The Morgan fingerprint density at radius 2 is 1.64 bits per heavy atom. The SMILES string of the molecule is CCOc1ccc([C@H](C)NC(=O)c2ccc(OC)cc2)cc1. The number of carbonyl (C=O) groups excluding carboxylic acids is 1. The molecule has 0 fully saturated rings. The van der Waals surface area contributed by atoms with E-state index < -0.39 is 0 Å². The summed E-state index contributed by atoms with van der Waals surface area (Å²) in [6, 6.07) is 14.7. The second kappa shape index (κ2) is 7.50. The van der Waals surface area contributed by atoms with Gasteiger partial charge in [0.2, 0.25) is 0 Å². The molecule has 4 heteroatoms. The van der Waals surface area contributed by atoms with Crippen molar-refractivity contribution in [3.63, 3.8) is 0 Å². The fourth-order valence-corrected chi connectivity index (χ4v) is 2.13. The van der Waals surface area contributed by atoms with Crippen molar-refractivity contribution >= 4 is 5.91 Å². The number of benzene rings is 2. The van der Waals surface area contributed by atoms with Gasteiger partial charge >= 0.3 is 0 Å². The summed E-state index contributed by atoms with van der Waals surface area (Å²) in [7, 11) is 1.60. The van der Waals surface area contributed by atoms with Crippen molar-refractivity contribution in [2.75, 3.05) is 13.7 Å². The van der Waals surface area contributed by atoms with E-state index in [1.54, 1.807) is 31.4 Å². The Kier molecular flexibility index (Phi) is 5.42. The number of rotatable bonds is 6. The molecule has 4 nitrogen and oxygen atoms in total. The van der Waals surface area contributed by atoms with E-state index in [0.29, 0.717) is 12.2 Å². The van der Waals surface area contributed by atoms with Gasteiger partial charge in [-0.05, 0) is 55.8 Å². The van der Waals surface area contributed by atoms with E-state index in [1.807, 2.05) is 38.1 Å². The van der Waals surface area contributed by atoms with Crippen molar-refractivity contribution in [3.05, 3.63) is 59.7 Å². The van der Waals surface area contributed by atoms with Crippen LogP contribution in [0.2, 0.25) is 0 Å². The lowest BCUT2D eigenvalue weighted by Crippen LogP contribution is -2.26. The molecule has 2 aromatic carbocycles. The Morgan fingerprint density at radius 3 is 2.18 bits per heavy atom. The topological polar surface area (TPSA) is 47.6 Å². The van der Waals surface area contributed by atoms with Gasteiger partial charge in [0.15, 0.2) is 0 Å². The van der Waals surface area contributed by atoms with Gasteiger partial charge in [0, 0.05) is 5.56 Å². The predicted octanol–water partition coefficient (Wildman–Crippen LogP) is 3.58. The van der Waals surface area contributed by atoms with Crippen molar-refractivity contribution in [3.8, 4) is 11.5 Å². The second-order valence-electron chi connectivity index (χ2n) is 4.93. The first-order valence-corrected chi connectivity index (χ1v) is 7.31. The lowest BCUT2D eigenvalue weighted by Gasteiger charge is -2.15. The molecular weight excluding hydrogens is 278 g/mol. The first kappa shape index (κ1) is 15.9. The Hall–Kier alpha value is -2.49. The molecule has 0 aliphatic rings. The summed E-state index contributed by atoms with van der Waals surface area (Å²) in [5, 5.41) is 2.98. The Bertz CT molecular complexity index is 605. The molecule has 2 rings (SSSR count). The van der Waals surface area contributed by atoms with Gasteiger partial charge in [0.1, 0.15) is 11.5 Å². The number of amides is 1. The molecular formula is C18H21NO3. The quantitative estimate of drug-likeness (QED) is 0.887. The average molecular weight is 299 g/mol. The number of ether oxygens (including phenoxy) is 2. The van der Waals surface area contributed by atoms with E-state index in [0.717, 1.165) is 17.1 Å². The van der Waals surface area contributed by atoms with Gasteiger partial charge in [-0.25, -0.2) is 0 Å². The first-order valence-electron chi connectivity index (χ1n) is 7.31. The summed E-state index contributed by atoms with van der Waals surface area (Å²) in [6.45, 7) is 4.55. The third-order valence-electron chi connectivity index (χ3n) is 3.39. The minimum absolute atomic E-state index is 0.0784. The molecule has 2 aromatic rings. The molecule has 116 valence electrons. The Labute approximate surface area is 131 Å². The van der Waals surface area contributed by atoms with E-state index in [2.05, 4.69) is 5.32 Å². The van der Waals surface area contributed by atoms with E-state index in [4.69, 9.17) is 9.47 Å². The van der Waals surface area contributed by atoms with E-state index in [1.165, 1.54) is 0 Å². The average Bonchev–Trinajstić information content (AvgIpc) is 2.55. The highest BCUT2D eigenvalue weighted by molar-refractivity contribution is 5.94. The molecule has 0 unspecified atom stereocenters. The normalized spacial score (nSPS) is 11.6. The van der Waals surface area contributed by atoms with Gasteiger partial charge in [0.05, 0.1) is 19.8 Å². The van der Waals surface area contributed by atoms with Crippen LogP contribution in [0.15, 0.2) is 48.5 Å². The lowest BCUT2D eigenvalue weighted by molar-refractivity contribution is 0.0940. The minimum Gasteiger partial charge on any atom is -0.497 e. The molecule has 1 atom stereocenters. The highest BCUT2D eigenvalue weighted by Gasteiger charge is 2.11. The highest BCUT2D eigenvalue weighted by Crippen LogP contribution is 2.18. The largest absolute Gasteiger partial charge is 0.497 e. The lowest BCUT2D eigenvalue weighted by atomic mass is 10.1. The summed E-state index contributed by atoms with van der Waals surface area (Å²) < 4.78 is 10.5. The van der Waals surface area contributed by atoms with Gasteiger partial charge < -0.3 is 14.8 Å². The van der Waals surface area contributed by atoms with Crippen LogP contribution in [-0.2, 0) is 0 Å². The van der Waals surface area contributed by atoms with Crippen molar-refractivity contribution in [1.82, 2.24) is 5.32 Å². The maximum absolute atomic E-state index is 12.2. The molecule has 0 heterocycles. The van der Waals surface area contributed by atoms with Gasteiger partial charge in [-0.1, -0.05) is 12.1 Å². The Morgan fingerprint density at radius 1 is 1.05 bits per heavy atom.